The monoisotopic (exact) mass is 256 g/mol. The van der Waals surface area contributed by atoms with Crippen molar-refractivity contribution in [2.75, 3.05) is 5.32 Å². The largest absolute Gasteiger partial charge is 0.409 e. The summed E-state index contributed by atoms with van der Waals surface area (Å²) >= 11 is 0. The van der Waals surface area contributed by atoms with Gasteiger partial charge in [-0.25, -0.2) is 0 Å². The van der Waals surface area contributed by atoms with Gasteiger partial charge in [-0.15, -0.1) is 0 Å². The van der Waals surface area contributed by atoms with Gasteiger partial charge < -0.3 is 16.3 Å². The first-order valence-corrected chi connectivity index (χ1v) is 5.50. The third-order valence-corrected chi connectivity index (χ3v) is 2.45. The second-order valence-electron chi connectivity index (χ2n) is 3.76. The molecule has 1 aromatic carbocycles. The first kappa shape index (κ1) is 12.6. The highest BCUT2D eigenvalue weighted by molar-refractivity contribution is 6.06. The molecule has 0 saturated carbocycles. The van der Waals surface area contributed by atoms with Gasteiger partial charge in [0.15, 0.2) is 5.84 Å². The molecule has 0 aliphatic carbocycles. The SMILES string of the molecule is N/C(=N\O)c1cccc(C(=O)Nc2cccnc2)c1. The van der Waals surface area contributed by atoms with Crippen LogP contribution in [0.5, 0.6) is 0 Å². The van der Waals surface area contributed by atoms with Crippen LogP contribution in [0.1, 0.15) is 15.9 Å². The van der Waals surface area contributed by atoms with Gasteiger partial charge in [0.05, 0.1) is 11.9 Å². The number of nitrogens with two attached hydrogens (primary N) is 1. The smallest absolute Gasteiger partial charge is 0.255 e. The Morgan fingerprint density at radius 1 is 1.26 bits per heavy atom. The predicted octanol–water partition coefficient (Wildman–Crippen LogP) is 1.43. The van der Waals surface area contributed by atoms with Crippen LogP contribution in [-0.2, 0) is 0 Å². The van der Waals surface area contributed by atoms with Gasteiger partial charge in [-0.3, -0.25) is 9.78 Å². The fraction of sp³-hybridized carbons (Fsp3) is 0. The third kappa shape index (κ3) is 3.06. The molecule has 4 N–H and O–H groups in total. The zero-order valence-electron chi connectivity index (χ0n) is 9.95. The van der Waals surface area contributed by atoms with Gasteiger partial charge in [0.25, 0.3) is 5.91 Å². The zero-order chi connectivity index (χ0) is 13.7. The van der Waals surface area contributed by atoms with Crippen LogP contribution < -0.4 is 11.1 Å². The number of aromatic nitrogens is 1. The van der Waals surface area contributed by atoms with Crippen molar-refractivity contribution < 1.29 is 10.0 Å². The lowest BCUT2D eigenvalue weighted by atomic mass is 10.1. The van der Waals surface area contributed by atoms with E-state index in [1.807, 2.05) is 0 Å². The number of anilines is 1. The number of carbonyl (C=O) groups excluding carboxylic acids is 1. The highest BCUT2D eigenvalue weighted by Gasteiger charge is 2.08. The number of amidine groups is 1. The van der Waals surface area contributed by atoms with Crippen molar-refractivity contribution in [1.82, 2.24) is 4.98 Å². The van der Waals surface area contributed by atoms with Crippen molar-refractivity contribution in [3.05, 3.63) is 59.9 Å². The molecule has 96 valence electrons. The maximum Gasteiger partial charge on any atom is 0.255 e. The number of rotatable bonds is 3. The van der Waals surface area contributed by atoms with Crippen LogP contribution in [0.2, 0.25) is 0 Å². The first-order chi connectivity index (χ1) is 9.20. The van der Waals surface area contributed by atoms with Crippen molar-refractivity contribution in [1.29, 1.82) is 0 Å². The molecule has 1 amide bonds. The van der Waals surface area contributed by atoms with Crippen LogP contribution >= 0.6 is 0 Å². The molecule has 2 aromatic rings. The molecular formula is C13H12N4O2. The van der Waals surface area contributed by atoms with Gasteiger partial charge in [0, 0.05) is 17.3 Å². The van der Waals surface area contributed by atoms with E-state index in [-0.39, 0.29) is 11.7 Å². The fourth-order valence-electron chi connectivity index (χ4n) is 1.52. The fourth-order valence-corrected chi connectivity index (χ4v) is 1.52. The van der Waals surface area contributed by atoms with E-state index in [4.69, 9.17) is 10.9 Å². The highest BCUT2D eigenvalue weighted by Crippen LogP contribution is 2.09. The minimum absolute atomic E-state index is 0.0453. The molecule has 19 heavy (non-hydrogen) atoms. The second kappa shape index (κ2) is 5.63. The summed E-state index contributed by atoms with van der Waals surface area (Å²) in [5, 5.41) is 14.2. The lowest BCUT2D eigenvalue weighted by Gasteiger charge is -2.06. The number of pyridine rings is 1. The van der Waals surface area contributed by atoms with Crippen LogP contribution in [-0.4, -0.2) is 21.9 Å². The maximum atomic E-state index is 12.0. The predicted molar refractivity (Wildman–Crippen MR) is 71.1 cm³/mol. The normalized spacial score (nSPS) is 11.1. The van der Waals surface area contributed by atoms with Gasteiger partial charge in [-0.2, -0.15) is 0 Å². The van der Waals surface area contributed by atoms with Crippen LogP contribution in [0.15, 0.2) is 53.9 Å². The molecule has 0 radical (unpaired) electrons. The number of oxime groups is 1. The van der Waals surface area contributed by atoms with Crippen LogP contribution in [0, 0.1) is 0 Å². The lowest BCUT2D eigenvalue weighted by molar-refractivity contribution is 0.102. The molecule has 0 fully saturated rings. The minimum atomic E-state index is -0.291. The van der Waals surface area contributed by atoms with Crippen LogP contribution in [0.25, 0.3) is 0 Å². The van der Waals surface area contributed by atoms with E-state index in [1.165, 1.54) is 0 Å². The topological polar surface area (TPSA) is 101 Å². The summed E-state index contributed by atoms with van der Waals surface area (Å²) in [5.41, 5.74) is 6.96. The second-order valence-corrected chi connectivity index (χ2v) is 3.76. The number of nitrogens with zero attached hydrogens (tertiary/aromatic N) is 2. The summed E-state index contributed by atoms with van der Waals surface area (Å²) in [7, 11) is 0. The molecule has 0 saturated heterocycles. The third-order valence-electron chi connectivity index (χ3n) is 2.45. The summed E-state index contributed by atoms with van der Waals surface area (Å²) in [4.78, 5) is 15.9. The number of hydrogen-bond acceptors (Lipinski definition) is 4. The number of benzene rings is 1. The van der Waals surface area contributed by atoms with Crippen molar-refractivity contribution in [2.45, 2.75) is 0 Å². The minimum Gasteiger partial charge on any atom is -0.409 e. The van der Waals surface area contributed by atoms with Gasteiger partial charge in [-0.1, -0.05) is 17.3 Å². The van der Waals surface area contributed by atoms with E-state index in [1.54, 1.807) is 48.8 Å². The van der Waals surface area contributed by atoms with Crippen LogP contribution in [0.3, 0.4) is 0 Å². The van der Waals surface area contributed by atoms with E-state index in [9.17, 15) is 4.79 Å². The summed E-state index contributed by atoms with van der Waals surface area (Å²) in [5.74, 6) is -0.336. The van der Waals surface area contributed by atoms with Gasteiger partial charge >= 0.3 is 0 Å². The van der Waals surface area contributed by atoms with E-state index in [0.717, 1.165) is 0 Å². The number of carbonyl (C=O) groups is 1. The van der Waals surface area contributed by atoms with Gasteiger partial charge in [0.1, 0.15) is 0 Å². The molecule has 1 heterocycles. The summed E-state index contributed by atoms with van der Waals surface area (Å²) in [6.07, 6.45) is 3.17. The Bertz CT molecular complexity index is 611. The maximum absolute atomic E-state index is 12.0. The molecule has 0 bridgehead atoms. The average molecular weight is 256 g/mol. The molecule has 6 heteroatoms. The summed E-state index contributed by atoms with van der Waals surface area (Å²) in [6.45, 7) is 0. The average Bonchev–Trinajstić information content (AvgIpc) is 2.47. The molecule has 2 rings (SSSR count). The Labute approximate surface area is 109 Å². The molecule has 0 atom stereocenters. The molecular weight excluding hydrogens is 244 g/mol. The molecule has 0 aliphatic rings. The van der Waals surface area contributed by atoms with Gasteiger partial charge in [-0.05, 0) is 24.3 Å². The number of nitrogens with one attached hydrogen (secondary N) is 1. The van der Waals surface area contributed by atoms with Crippen molar-refractivity contribution in [2.24, 2.45) is 10.9 Å². The Morgan fingerprint density at radius 2 is 2.05 bits per heavy atom. The van der Waals surface area contributed by atoms with Gasteiger partial charge in [0.2, 0.25) is 0 Å². The van der Waals surface area contributed by atoms with Crippen molar-refractivity contribution in [3.63, 3.8) is 0 Å². The number of hydrogen-bond donors (Lipinski definition) is 3. The standard InChI is InChI=1S/C13H12N4O2/c14-12(17-19)9-3-1-4-10(7-9)13(18)16-11-5-2-6-15-8-11/h1-8,19H,(H2,14,17)(H,16,18). The van der Waals surface area contributed by atoms with Crippen LogP contribution in [0.4, 0.5) is 5.69 Å². The Hall–Kier alpha value is -2.89. The van der Waals surface area contributed by atoms with Crippen molar-refractivity contribution in [3.8, 4) is 0 Å². The Kier molecular flexibility index (Phi) is 3.72. The quantitative estimate of drug-likeness (QED) is 0.334. The summed E-state index contributed by atoms with van der Waals surface area (Å²) < 4.78 is 0. The number of amides is 1. The highest BCUT2D eigenvalue weighted by atomic mass is 16.4. The molecule has 6 nitrogen and oxygen atoms in total. The van der Waals surface area contributed by atoms with Crippen molar-refractivity contribution >= 4 is 17.4 Å². The Morgan fingerprint density at radius 3 is 2.74 bits per heavy atom. The first-order valence-electron chi connectivity index (χ1n) is 5.50. The Balaban J connectivity index is 2.20. The molecule has 0 aliphatic heterocycles. The molecule has 0 unspecified atom stereocenters. The van der Waals surface area contributed by atoms with E-state index in [2.05, 4.69) is 15.5 Å². The molecule has 1 aromatic heterocycles. The van der Waals surface area contributed by atoms with E-state index < -0.39 is 0 Å². The summed E-state index contributed by atoms with van der Waals surface area (Å²) in [6, 6.07) is 9.95. The van der Waals surface area contributed by atoms with E-state index >= 15 is 0 Å². The lowest BCUT2D eigenvalue weighted by Crippen LogP contribution is -2.16. The molecule has 0 spiro atoms. The zero-order valence-corrected chi connectivity index (χ0v) is 9.95. The van der Waals surface area contributed by atoms with E-state index in [0.29, 0.717) is 16.8 Å².